The maximum atomic E-state index is 3.98. The molecule has 0 saturated carbocycles. The number of hydrogen-bond donors (Lipinski definition) is 0. The van der Waals surface area contributed by atoms with Crippen LogP contribution in [0.15, 0.2) is 104 Å². The van der Waals surface area contributed by atoms with Crippen LogP contribution < -0.4 is 0 Å². The Balaban J connectivity index is 1.92. The van der Waals surface area contributed by atoms with Gasteiger partial charge in [0.1, 0.15) is 0 Å². The lowest BCUT2D eigenvalue weighted by Gasteiger charge is -2.35. The first-order valence-electron chi connectivity index (χ1n) is 9.61. The highest BCUT2D eigenvalue weighted by molar-refractivity contribution is 5.39. The quantitative estimate of drug-likeness (QED) is 0.369. The van der Waals surface area contributed by atoms with Gasteiger partial charge in [-0.25, -0.2) is 0 Å². The van der Waals surface area contributed by atoms with Gasteiger partial charge in [-0.2, -0.15) is 0 Å². The molecule has 0 unspecified atom stereocenters. The van der Waals surface area contributed by atoms with Crippen molar-refractivity contribution in [2.24, 2.45) is 0 Å². The third kappa shape index (κ3) is 4.32. The molecule has 3 aromatic rings. The number of allylic oxidation sites excluding steroid dienone is 1. The van der Waals surface area contributed by atoms with E-state index < -0.39 is 0 Å². The van der Waals surface area contributed by atoms with E-state index in [1.807, 2.05) is 0 Å². The van der Waals surface area contributed by atoms with Crippen LogP contribution in [-0.2, 0) is 11.8 Å². The van der Waals surface area contributed by atoms with Crippen LogP contribution in [-0.4, -0.2) is 0 Å². The predicted octanol–water partition coefficient (Wildman–Crippen LogP) is 6.96. The van der Waals surface area contributed by atoms with Crippen LogP contribution in [0.4, 0.5) is 0 Å². The maximum absolute atomic E-state index is 3.98. The van der Waals surface area contributed by atoms with Gasteiger partial charge in [0.2, 0.25) is 0 Å². The van der Waals surface area contributed by atoms with Gasteiger partial charge >= 0.3 is 0 Å². The molecule has 0 aliphatic heterocycles. The van der Waals surface area contributed by atoms with E-state index in [9.17, 15) is 0 Å². The summed E-state index contributed by atoms with van der Waals surface area (Å²) in [7, 11) is 0. The zero-order valence-electron chi connectivity index (χ0n) is 15.5. The molecule has 0 radical (unpaired) electrons. The fraction of sp³-hybridized carbons (Fsp3) is 0.231. The molecule has 0 aromatic heterocycles. The van der Waals surface area contributed by atoms with Gasteiger partial charge in [0.15, 0.2) is 0 Å². The van der Waals surface area contributed by atoms with E-state index >= 15 is 0 Å². The summed E-state index contributed by atoms with van der Waals surface area (Å²) in [6, 6.07) is 32.9. The van der Waals surface area contributed by atoms with Crippen LogP contribution in [0.5, 0.6) is 0 Å². The average molecular weight is 341 g/mol. The Morgan fingerprint density at radius 1 is 0.654 bits per heavy atom. The fourth-order valence-corrected chi connectivity index (χ4v) is 3.97. The lowest BCUT2D eigenvalue weighted by molar-refractivity contribution is 0.426. The van der Waals surface area contributed by atoms with Crippen LogP contribution >= 0.6 is 0 Å². The van der Waals surface area contributed by atoms with Gasteiger partial charge < -0.3 is 0 Å². The molecule has 0 aliphatic carbocycles. The molecule has 3 rings (SSSR count). The molecule has 0 amide bonds. The summed E-state index contributed by atoms with van der Waals surface area (Å²) in [6.07, 6.45) is 7.61. The number of hydrogen-bond acceptors (Lipinski definition) is 0. The summed E-state index contributed by atoms with van der Waals surface area (Å²) in [4.78, 5) is 0. The molecule has 26 heavy (non-hydrogen) atoms. The highest BCUT2D eigenvalue weighted by Gasteiger charge is 2.32. The monoisotopic (exact) mass is 340 g/mol. The van der Waals surface area contributed by atoms with E-state index in [1.165, 1.54) is 23.1 Å². The van der Waals surface area contributed by atoms with Gasteiger partial charge in [-0.15, -0.1) is 6.58 Å². The molecule has 3 aromatic carbocycles. The minimum absolute atomic E-state index is 0.0471. The molecule has 0 heterocycles. The number of aryl methyl sites for hydroxylation is 1. The second-order valence-corrected chi connectivity index (χ2v) is 6.98. The van der Waals surface area contributed by atoms with Crippen molar-refractivity contribution in [1.29, 1.82) is 0 Å². The first-order valence-corrected chi connectivity index (χ1v) is 9.61. The average Bonchev–Trinajstić information content (AvgIpc) is 2.73. The molecule has 132 valence electrons. The Bertz CT molecular complexity index is 733. The molecular weight excluding hydrogens is 312 g/mol. The molecular formula is C26H28. The molecule has 0 bridgehead atoms. The van der Waals surface area contributed by atoms with Gasteiger partial charge in [0, 0.05) is 5.41 Å². The topological polar surface area (TPSA) is 0 Å². The fourth-order valence-electron chi connectivity index (χ4n) is 3.97. The molecule has 0 spiro atoms. The van der Waals surface area contributed by atoms with Gasteiger partial charge in [0.25, 0.3) is 0 Å². The van der Waals surface area contributed by atoms with Crippen molar-refractivity contribution >= 4 is 0 Å². The van der Waals surface area contributed by atoms with Gasteiger partial charge in [-0.1, -0.05) is 97.1 Å². The van der Waals surface area contributed by atoms with E-state index in [0.29, 0.717) is 0 Å². The largest absolute Gasteiger partial charge is 0.103 e. The maximum Gasteiger partial charge on any atom is 0.0206 e. The van der Waals surface area contributed by atoms with Crippen molar-refractivity contribution in [3.05, 3.63) is 120 Å². The van der Waals surface area contributed by atoms with E-state index in [4.69, 9.17) is 0 Å². The number of rotatable bonds is 9. The minimum atomic E-state index is 0.0471. The first kappa shape index (κ1) is 18.2. The summed E-state index contributed by atoms with van der Waals surface area (Å²) in [6.45, 7) is 3.98. The van der Waals surface area contributed by atoms with E-state index in [2.05, 4.69) is 104 Å². The predicted molar refractivity (Wildman–Crippen MR) is 112 cm³/mol. The molecule has 0 atom stereocenters. The Morgan fingerprint density at radius 3 is 1.65 bits per heavy atom. The van der Waals surface area contributed by atoms with E-state index in [1.54, 1.807) is 0 Å². The van der Waals surface area contributed by atoms with Gasteiger partial charge in [-0.3, -0.25) is 0 Å². The Kier molecular flexibility index (Phi) is 6.44. The molecule has 0 saturated heterocycles. The molecule has 0 nitrogen and oxygen atoms in total. The zero-order valence-corrected chi connectivity index (χ0v) is 15.5. The Labute approximate surface area is 158 Å². The van der Waals surface area contributed by atoms with Crippen molar-refractivity contribution in [3.63, 3.8) is 0 Å². The van der Waals surface area contributed by atoms with Crippen molar-refractivity contribution < 1.29 is 0 Å². The third-order valence-corrected chi connectivity index (χ3v) is 5.34. The molecule has 0 fully saturated rings. The Morgan fingerprint density at radius 2 is 1.15 bits per heavy atom. The first-order chi connectivity index (χ1) is 12.8. The van der Waals surface area contributed by atoms with Gasteiger partial charge in [-0.05, 0) is 48.8 Å². The highest BCUT2D eigenvalue weighted by Crippen LogP contribution is 2.41. The van der Waals surface area contributed by atoms with Crippen LogP contribution in [0.2, 0.25) is 0 Å². The summed E-state index contributed by atoms with van der Waals surface area (Å²) < 4.78 is 0. The summed E-state index contributed by atoms with van der Waals surface area (Å²) in [5.41, 5.74) is 4.30. The Hall–Kier alpha value is -2.60. The van der Waals surface area contributed by atoms with Crippen molar-refractivity contribution in [3.8, 4) is 0 Å². The lowest BCUT2D eigenvalue weighted by Crippen LogP contribution is -2.28. The second-order valence-electron chi connectivity index (χ2n) is 6.98. The summed E-state index contributed by atoms with van der Waals surface area (Å²) >= 11 is 0. The van der Waals surface area contributed by atoms with Gasteiger partial charge in [0.05, 0.1) is 0 Å². The van der Waals surface area contributed by atoms with Crippen LogP contribution in [0.3, 0.4) is 0 Å². The van der Waals surface area contributed by atoms with Crippen molar-refractivity contribution in [2.45, 2.75) is 37.5 Å². The summed E-state index contributed by atoms with van der Waals surface area (Å²) in [5.74, 6) is 0. The van der Waals surface area contributed by atoms with Crippen molar-refractivity contribution in [1.82, 2.24) is 0 Å². The normalized spacial score (nSPS) is 11.2. The van der Waals surface area contributed by atoms with E-state index in [0.717, 1.165) is 25.7 Å². The van der Waals surface area contributed by atoms with E-state index in [-0.39, 0.29) is 5.41 Å². The SMILES string of the molecule is C=CCCC(CCCc1ccccc1)(c1ccccc1)c1ccccc1. The molecule has 0 N–H and O–H groups in total. The molecule has 0 aliphatic rings. The highest BCUT2D eigenvalue weighted by atomic mass is 14.4. The van der Waals surface area contributed by atoms with Crippen LogP contribution in [0, 0.1) is 0 Å². The zero-order chi connectivity index (χ0) is 18.1. The minimum Gasteiger partial charge on any atom is -0.103 e. The standard InChI is InChI=1S/C26H28/c1-2-3-21-26(24-17-9-5-10-18-24,25-19-11-6-12-20-25)22-13-16-23-14-7-4-8-15-23/h2,4-12,14-15,17-20H,1,3,13,16,21-22H2. The second kappa shape index (κ2) is 9.20. The summed E-state index contributed by atoms with van der Waals surface area (Å²) in [5, 5.41) is 0. The lowest BCUT2D eigenvalue weighted by atomic mass is 9.68. The molecule has 0 heteroatoms. The number of benzene rings is 3. The van der Waals surface area contributed by atoms with Crippen molar-refractivity contribution in [2.75, 3.05) is 0 Å². The van der Waals surface area contributed by atoms with Crippen LogP contribution in [0.1, 0.15) is 42.4 Å². The smallest absolute Gasteiger partial charge is 0.0206 e. The third-order valence-electron chi connectivity index (χ3n) is 5.34. The van der Waals surface area contributed by atoms with Crippen LogP contribution in [0.25, 0.3) is 0 Å².